The number of rotatable bonds is 3. The fraction of sp³-hybridized carbons (Fsp3) is 0.357. The number of aromatic nitrogens is 3. The summed E-state index contributed by atoms with van der Waals surface area (Å²) in [5, 5.41) is 11.4. The van der Waals surface area contributed by atoms with E-state index in [4.69, 9.17) is 0 Å². The van der Waals surface area contributed by atoms with Gasteiger partial charge in [0.15, 0.2) is 10.8 Å². The van der Waals surface area contributed by atoms with Gasteiger partial charge in [-0.25, -0.2) is 19.7 Å². The van der Waals surface area contributed by atoms with E-state index in [1.54, 1.807) is 23.8 Å². The van der Waals surface area contributed by atoms with Gasteiger partial charge < -0.3 is 10.0 Å². The van der Waals surface area contributed by atoms with Crippen LogP contribution in [0, 0.1) is 0 Å². The molecule has 2 aromatic rings. The molecule has 0 spiro atoms. The molecule has 0 aromatic carbocycles. The number of amides is 1. The number of carboxylic acid groups (broad SMARTS) is 1. The first-order valence-electron chi connectivity index (χ1n) is 6.93. The Morgan fingerprint density at radius 2 is 2.05 bits per heavy atom. The van der Waals surface area contributed by atoms with Gasteiger partial charge in [-0.15, -0.1) is 11.3 Å². The van der Waals surface area contributed by atoms with Crippen molar-refractivity contribution in [3.05, 3.63) is 29.5 Å². The Hall–Kier alpha value is -2.35. The number of hydrogen-bond donors (Lipinski definition) is 1. The number of hydrogen-bond acceptors (Lipinski definition) is 6. The van der Waals surface area contributed by atoms with Crippen LogP contribution in [0.5, 0.6) is 0 Å². The molecule has 2 aromatic heterocycles. The molecule has 114 valence electrons. The highest BCUT2D eigenvalue weighted by molar-refractivity contribution is 7.13. The molecule has 3 heterocycles. The zero-order chi connectivity index (χ0) is 15.5. The molecule has 1 amide bonds. The number of thiazole rings is 1. The van der Waals surface area contributed by atoms with Crippen LogP contribution in [0.3, 0.4) is 0 Å². The van der Waals surface area contributed by atoms with Gasteiger partial charge in [-0.2, -0.15) is 0 Å². The molecule has 0 aliphatic carbocycles. The van der Waals surface area contributed by atoms with E-state index in [9.17, 15) is 14.7 Å². The Balaban J connectivity index is 1.83. The molecule has 1 N–H and O–H groups in total. The van der Waals surface area contributed by atoms with E-state index in [0.717, 1.165) is 12.8 Å². The van der Waals surface area contributed by atoms with E-state index in [0.29, 0.717) is 23.8 Å². The zero-order valence-corrected chi connectivity index (χ0v) is 12.5. The van der Waals surface area contributed by atoms with Gasteiger partial charge in [-0.3, -0.25) is 4.79 Å². The van der Waals surface area contributed by atoms with Crippen molar-refractivity contribution in [3.8, 4) is 10.8 Å². The van der Waals surface area contributed by atoms with Crippen LogP contribution < -0.4 is 0 Å². The smallest absolute Gasteiger partial charge is 0.326 e. The molecule has 1 fully saturated rings. The highest BCUT2D eigenvalue weighted by Gasteiger charge is 2.33. The van der Waals surface area contributed by atoms with Crippen molar-refractivity contribution in [2.75, 3.05) is 6.54 Å². The molecule has 3 rings (SSSR count). The first-order valence-corrected chi connectivity index (χ1v) is 7.81. The lowest BCUT2D eigenvalue weighted by Crippen LogP contribution is -2.48. The summed E-state index contributed by atoms with van der Waals surface area (Å²) in [6, 6.07) is 0.938. The molecule has 8 heteroatoms. The van der Waals surface area contributed by atoms with Gasteiger partial charge in [0, 0.05) is 24.3 Å². The van der Waals surface area contributed by atoms with Crippen LogP contribution >= 0.6 is 11.3 Å². The van der Waals surface area contributed by atoms with E-state index in [1.165, 1.54) is 16.2 Å². The van der Waals surface area contributed by atoms with Gasteiger partial charge in [0.05, 0.1) is 0 Å². The zero-order valence-electron chi connectivity index (χ0n) is 11.7. The minimum Gasteiger partial charge on any atom is -0.480 e. The molecule has 0 radical (unpaired) electrons. The van der Waals surface area contributed by atoms with Crippen LogP contribution in [0.25, 0.3) is 10.8 Å². The Morgan fingerprint density at radius 3 is 2.77 bits per heavy atom. The monoisotopic (exact) mass is 318 g/mol. The fourth-order valence-corrected chi connectivity index (χ4v) is 3.20. The quantitative estimate of drug-likeness (QED) is 0.925. The molecular weight excluding hydrogens is 304 g/mol. The predicted molar refractivity (Wildman–Crippen MR) is 79.5 cm³/mol. The van der Waals surface area contributed by atoms with Crippen LogP contribution in [0.4, 0.5) is 0 Å². The van der Waals surface area contributed by atoms with Crippen LogP contribution in [-0.4, -0.2) is 49.4 Å². The van der Waals surface area contributed by atoms with Crippen molar-refractivity contribution < 1.29 is 14.7 Å². The largest absolute Gasteiger partial charge is 0.480 e. The number of carbonyl (C=O) groups excluding carboxylic acids is 1. The van der Waals surface area contributed by atoms with Crippen molar-refractivity contribution in [2.24, 2.45) is 0 Å². The molecule has 1 aliphatic heterocycles. The molecule has 22 heavy (non-hydrogen) atoms. The number of aliphatic carboxylic acids is 1. The van der Waals surface area contributed by atoms with Crippen molar-refractivity contribution in [2.45, 2.75) is 25.3 Å². The second-order valence-electron chi connectivity index (χ2n) is 4.96. The average molecular weight is 318 g/mol. The average Bonchev–Trinajstić information content (AvgIpc) is 3.05. The second kappa shape index (κ2) is 6.18. The number of nitrogens with zero attached hydrogens (tertiary/aromatic N) is 4. The minimum atomic E-state index is -0.963. The Bertz CT molecular complexity index is 688. The highest BCUT2D eigenvalue weighted by Crippen LogP contribution is 2.23. The van der Waals surface area contributed by atoms with Gasteiger partial charge in [-0.1, -0.05) is 0 Å². The van der Waals surface area contributed by atoms with Crippen molar-refractivity contribution in [1.29, 1.82) is 0 Å². The van der Waals surface area contributed by atoms with Crippen LogP contribution in [0.1, 0.15) is 29.8 Å². The van der Waals surface area contributed by atoms with E-state index in [2.05, 4.69) is 15.0 Å². The van der Waals surface area contributed by atoms with Crippen molar-refractivity contribution in [1.82, 2.24) is 19.9 Å². The van der Waals surface area contributed by atoms with E-state index in [1.807, 2.05) is 0 Å². The van der Waals surface area contributed by atoms with E-state index in [-0.39, 0.29) is 11.6 Å². The van der Waals surface area contributed by atoms with Gasteiger partial charge in [0.1, 0.15) is 11.7 Å². The number of carbonyl (C=O) groups is 2. The first-order chi connectivity index (χ1) is 10.7. The Labute approximate surface area is 130 Å². The summed E-state index contributed by atoms with van der Waals surface area (Å²) >= 11 is 1.27. The molecule has 0 saturated carbocycles. The van der Waals surface area contributed by atoms with Gasteiger partial charge in [-0.05, 0) is 25.3 Å². The highest BCUT2D eigenvalue weighted by atomic mass is 32.1. The van der Waals surface area contributed by atoms with Crippen LogP contribution in [0.15, 0.2) is 23.8 Å². The summed E-state index contributed by atoms with van der Waals surface area (Å²) in [4.78, 5) is 37.7. The standard InChI is InChI=1S/C14H14N4O3S/c19-13(18-7-2-1-4-10(18)14(20)21)9-8-22-12(17-9)11-15-5-3-6-16-11/h3,5-6,8,10H,1-2,4,7H2,(H,20,21)/t10-/m0/s1. The van der Waals surface area contributed by atoms with Gasteiger partial charge in [0.25, 0.3) is 5.91 Å². The number of likely N-dealkylation sites (tertiary alicyclic amines) is 1. The maximum Gasteiger partial charge on any atom is 0.326 e. The molecule has 1 saturated heterocycles. The molecule has 7 nitrogen and oxygen atoms in total. The molecular formula is C14H14N4O3S. The summed E-state index contributed by atoms with van der Waals surface area (Å²) in [5.41, 5.74) is 0.251. The SMILES string of the molecule is O=C(O)[C@@H]1CCCCN1C(=O)c1csc(-c2ncccn2)n1. The predicted octanol–water partition coefficient (Wildman–Crippen LogP) is 1.68. The third-order valence-corrected chi connectivity index (χ3v) is 4.37. The van der Waals surface area contributed by atoms with E-state index >= 15 is 0 Å². The maximum atomic E-state index is 12.5. The van der Waals surface area contributed by atoms with Crippen molar-refractivity contribution >= 4 is 23.2 Å². The van der Waals surface area contributed by atoms with E-state index < -0.39 is 12.0 Å². The lowest BCUT2D eigenvalue weighted by atomic mass is 10.0. The Morgan fingerprint density at radius 1 is 1.27 bits per heavy atom. The normalized spacial score (nSPS) is 18.2. The third-order valence-electron chi connectivity index (χ3n) is 3.53. The minimum absolute atomic E-state index is 0.251. The summed E-state index contributed by atoms with van der Waals surface area (Å²) in [7, 11) is 0. The molecule has 0 bridgehead atoms. The first kappa shape index (κ1) is 14.6. The lowest BCUT2D eigenvalue weighted by Gasteiger charge is -2.32. The van der Waals surface area contributed by atoms with Gasteiger partial charge >= 0.3 is 5.97 Å². The number of piperidine rings is 1. The molecule has 0 unspecified atom stereocenters. The summed E-state index contributed by atoms with van der Waals surface area (Å²) < 4.78 is 0. The topological polar surface area (TPSA) is 96.3 Å². The van der Waals surface area contributed by atoms with Crippen LogP contribution in [-0.2, 0) is 4.79 Å². The summed E-state index contributed by atoms with van der Waals surface area (Å²) in [6.45, 7) is 0.449. The second-order valence-corrected chi connectivity index (χ2v) is 5.82. The molecule has 1 aliphatic rings. The lowest BCUT2D eigenvalue weighted by molar-refractivity contribution is -0.143. The van der Waals surface area contributed by atoms with Gasteiger partial charge in [0.2, 0.25) is 0 Å². The maximum absolute atomic E-state index is 12.5. The number of carboxylic acids is 1. The van der Waals surface area contributed by atoms with Crippen molar-refractivity contribution in [3.63, 3.8) is 0 Å². The summed E-state index contributed by atoms with van der Waals surface area (Å²) in [6.07, 6.45) is 5.34. The fourth-order valence-electron chi connectivity index (χ4n) is 2.46. The van der Waals surface area contributed by atoms with Crippen LogP contribution in [0.2, 0.25) is 0 Å². The third kappa shape index (κ3) is 2.82. The Kier molecular flexibility index (Phi) is 4.10. The molecule has 1 atom stereocenters. The summed E-state index contributed by atoms with van der Waals surface area (Å²) in [5.74, 6) is -0.847.